The molecule has 3 heteroatoms. The lowest BCUT2D eigenvalue weighted by Gasteiger charge is -2.29. The zero-order valence-electron chi connectivity index (χ0n) is 9.33. The summed E-state index contributed by atoms with van der Waals surface area (Å²) in [6, 6.07) is 0.640. The van der Waals surface area contributed by atoms with E-state index in [1.807, 2.05) is 0 Å². The summed E-state index contributed by atoms with van der Waals surface area (Å²) in [6.45, 7) is 7.67. The second-order valence-corrected chi connectivity index (χ2v) is 4.20. The van der Waals surface area contributed by atoms with Crippen molar-refractivity contribution in [1.82, 2.24) is 4.90 Å². The average molecular weight is 188 g/mol. The van der Waals surface area contributed by atoms with Crippen LogP contribution in [0.4, 0.5) is 0 Å². The molecule has 0 aliphatic carbocycles. The largest absolute Gasteiger partial charge is 0.396 e. The molecule has 0 spiro atoms. The Morgan fingerprint density at radius 2 is 1.85 bits per heavy atom. The number of likely N-dealkylation sites (N-methyl/N-ethyl adjacent to an activating group) is 1. The van der Waals surface area contributed by atoms with E-state index in [2.05, 4.69) is 32.7 Å². The molecular formula is C10H24N2O. The molecule has 0 aliphatic heterocycles. The van der Waals surface area contributed by atoms with Crippen LogP contribution in [0.1, 0.15) is 27.2 Å². The van der Waals surface area contributed by atoms with Crippen molar-refractivity contribution in [2.75, 3.05) is 20.2 Å². The summed E-state index contributed by atoms with van der Waals surface area (Å²) in [5, 5.41) is 8.70. The van der Waals surface area contributed by atoms with Crippen LogP contribution in [-0.2, 0) is 0 Å². The molecular weight excluding hydrogens is 164 g/mol. The molecule has 0 fully saturated rings. The highest BCUT2D eigenvalue weighted by Gasteiger charge is 2.15. The highest BCUT2D eigenvalue weighted by Crippen LogP contribution is 2.08. The zero-order chi connectivity index (χ0) is 10.4. The van der Waals surface area contributed by atoms with Crippen LogP contribution in [0, 0.1) is 5.92 Å². The van der Waals surface area contributed by atoms with Crippen molar-refractivity contribution in [3.8, 4) is 0 Å². The molecule has 2 atom stereocenters. The lowest BCUT2D eigenvalue weighted by Crippen LogP contribution is -2.42. The molecule has 13 heavy (non-hydrogen) atoms. The molecule has 0 bridgehead atoms. The molecule has 0 amide bonds. The summed E-state index contributed by atoms with van der Waals surface area (Å²) in [7, 11) is 2.09. The van der Waals surface area contributed by atoms with E-state index in [1.54, 1.807) is 0 Å². The van der Waals surface area contributed by atoms with Crippen LogP contribution < -0.4 is 5.73 Å². The summed E-state index contributed by atoms with van der Waals surface area (Å²) in [6.07, 6.45) is 0.690. The van der Waals surface area contributed by atoms with Gasteiger partial charge in [-0.3, -0.25) is 0 Å². The Labute approximate surface area is 81.9 Å². The number of aliphatic hydroxyl groups excluding tert-OH is 1. The first-order chi connectivity index (χ1) is 5.99. The Kier molecular flexibility index (Phi) is 6.29. The number of hydrogen-bond acceptors (Lipinski definition) is 3. The second kappa shape index (κ2) is 6.35. The van der Waals surface area contributed by atoms with Gasteiger partial charge < -0.3 is 15.7 Å². The maximum absolute atomic E-state index is 8.70. The quantitative estimate of drug-likeness (QED) is 0.644. The normalized spacial score (nSPS) is 16.6. The third-order valence-corrected chi connectivity index (χ3v) is 2.68. The summed E-state index contributed by atoms with van der Waals surface area (Å²) < 4.78 is 0. The first-order valence-electron chi connectivity index (χ1n) is 5.05. The molecule has 0 aromatic heterocycles. The first-order valence-corrected chi connectivity index (χ1v) is 5.05. The van der Waals surface area contributed by atoms with Crippen LogP contribution in [0.25, 0.3) is 0 Å². The Morgan fingerprint density at radius 1 is 1.31 bits per heavy atom. The number of nitrogens with zero attached hydrogens (tertiary/aromatic N) is 1. The monoisotopic (exact) mass is 188 g/mol. The number of aliphatic hydroxyl groups is 1. The molecule has 0 radical (unpaired) electrons. The van der Waals surface area contributed by atoms with Gasteiger partial charge in [-0.2, -0.15) is 0 Å². The van der Waals surface area contributed by atoms with Crippen LogP contribution in [-0.4, -0.2) is 42.3 Å². The number of hydrogen-bond donors (Lipinski definition) is 2. The highest BCUT2D eigenvalue weighted by atomic mass is 16.3. The summed E-state index contributed by atoms with van der Waals surface area (Å²) >= 11 is 0. The molecule has 0 heterocycles. The Morgan fingerprint density at radius 3 is 2.23 bits per heavy atom. The number of rotatable bonds is 6. The maximum atomic E-state index is 8.70. The van der Waals surface area contributed by atoms with Crippen LogP contribution in [0.15, 0.2) is 0 Å². The lowest BCUT2D eigenvalue weighted by atomic mass is 10.0. The summed E-state index contributed by atoms with van der Waals surface area (Å²) in [5.41, 5.74) is 5.82. The molecule has 2 unspecified atom stereocenters. The van der Waals surface area contributed by atoms with Gasteiger partial charge in [0, 0.05) is 25.2 Å². The highest BCUT2D eigenvalue weighted by molar-refractivity contribution is 4.72. The molecule has 3 nitrogen and oxygen atoms in total. The lowest BCUT2D eigenvalue weighted by molar-refractivity contribution is 0.184. The number of nitrogens with two attached hydrogens (primary N) is 1. The zero-order valence-corrected chi connectivity index (χ0v) is 9.33. The molecule has 0 aliphatic rings. The van der Waals surface area contributed by atoms with Crippen molar-refractivity contribution < 1.29 is 5.11 Å². The standard InChI is InChI=1S/C10H24N2O/c1-8(2)9(3)12(4)7-10(11)5-6-13/h8-10,13H,5-7,11H2,1-4H3. The van der Waals surface area contributed by atoms with E-state index >= 15 is 0 Å². The topological polar surface area (TPSA) is 49.5 Å². The van der Waals surface area contributed by atoms with Crippen LogP contribution in [0.3, 0.4) is 0 Å². The van der Waals surface area contributed by atoms with E-state index in [9.17, 15) is 0 Å². The maximum Gasteiger partial charge on any atom is 0.0446 e. The van der Waals surface area contributed by atoms with Crippen LogP contribution in [0.5, 0.6) is 0 Å². The van der Waals surface area contributed by atoms with Gasteiger partial charge in [0.15, 0.2) is 0 Å². The van der Waals surface area contributed by atoms with E-state index < -0.39 is 0 Å². The van der Waals surface area contributed by atoms with E-state index in [4.69, 9.17) is 10.8 Å². The van der Waals surface area contributed by atoms with Crippen LogP contribution in [0.2, 0.25) is 0 Å². The Bertz CT molecular complexity index is 128. The smallest absolute Gasteiger partial charge is 0.0446 e. The molecule has 3 N–H and O–H groups in total. The Balaban J connectivity index is 3.77. The van der Waals surface area contributed by atoms with Gasteiger partial charge in [0.25, 0.3) is 0 Å². The van der Waals surface area contributed by atoms with Gasteiger partial charge in [0.1, 0.15) is 0 Å². The van der Waals surface area contributed by atoms with Crippen molar-refractivity contribution in [1.29, 1.82) is 0 Å². The van der Waals surface area contributed by atoms with Crippen molar-refractivity contribution in [3.05, 3.63) is 0 Å². The predicted octanol–water partition coefficient (Wildman–Crippen LogP) is 0.672. The van der Waals surface area contributed by atoms with Gasteiger partial charge in [-0.05, 0) is 26.3 Å². The SMILES string of the molecule is CC(C)C(C)N(C)CC(N)CCO. The fourth-order valence-corrected chi connectivity index (χ4v) is 1.30. The Hall–Kier alpha value is -0.120. The van der Waals surface area contributed by atoms with Crippen LogP contribution >= 0.6 is 0 Å². The fraction of sp³-hybridized carbons (Fsp3) is 1.00. The van der Waals surface area contributed by atoms with E-state index in [1.165, 1.54) is 0 Å². The van der Waals surface area contributed by atoms with Gasteiger partial charge in [0.05, 0.1) is 0 Å². The van der Waals surface area contributed by atoms with Crippen molar-refractivity contribution in [2.24, 2.45) is 11.7 Å². The molecule has 0 saturated heterocycles. The van der Waals surface area contributed by atoms with E-state index in [0.29, 0.717) is 18.4 Å². The van der Waals surface area contributed by atoms with Crippen molar-refractivity contribution >= 4 is 0 Å². The minimum Gasteiger partial charge on any atom is -0.396 e. The first kappa shape index (κ1) is 12.9. The van der Waals surface area contributed by atoms with Gasteiger partial charge in [-0.1, -0.05) is 13.8 Å². The molecule has 0 rings (SSSR count). The predicted molar refractivity (Wildman–Crippen MR) is 56.6 cm³/mol. The summed E-state index contributed by atoms with van der Waals surface area (Å²) in [5.74, 6) is 0.645. The van der Waals surface area contributed by atoms with Gasteiger partial charge >= 0.3 is 0 Å². The summed E-state index contributed by atoms with van der Waals surface area (Å²) in [4.78, 5) is 2.25. The molecule has 80 valence electrons. The van der Waals surface area contributed by atoms with E-state index in [-0.39, 0.29) is 12.6 Å². The van der Waals surface area contributed by atoms with Gasteiger partial charge in [-0.15, -0.1) is 0 Å². The minimum atomic E-state index is 0.0937. The molecule has 0 aromatic rings. The second-order valence-electron chi connectivity index (χ2n) is 4.20. The average Bonchev–Trinajstić information content (AvgIpc) is 2.03. The van der Waals surface area contributed by atoms with Gasteiger partial charge in [-0.25, -0.2) is 0 Å². The third kappa shape index (κ3) is 5.24. The van der Waals surface area contributed by atoms with Crippen molar-refractivity contribution in [2.45, 2.75) is 39.3 Å². The van der Waals surface area contributed by atoms with Crippen molar-refractivity contribution in [3.63, 3.8) is 0 Å². The third-order valence-electron chi connectivity index (χ3n) is 2.68. The molecule has 0 aromatic carbocycles. The molecule has 0 saturated carbocycles. The van der Waals surface area contributed by atoms with E-state index in [0.717, 1.165) is 6.54 Å². The fourth-order valence-electron chi connectivity index (χ4n) is 1.30. The minimum absolute atomic E-state index is 0.0937. The van der Waals surface area contributed by atoms with Gasteiger partial charge in [0.2, 0.25) is 0 Å².